The SMILES string of the molecule is CC(C)C(Cl)(C(=O)[O-])C(=O)[O-].O=CNO. The first kappa shape index (κ1) is 16.1. The van der Waals surface area contributed by atoms with Gasteiger partial charge < -0.3 is 19.8 Å². The summed E-state index contributed by atoms with van der Waals surface area (Å²) in [5.74, 6) is -4.46. The van der Waals surface area contributed by atoms with Crippen molar-refractivity contribution < 1.29 is 29.8 Å². The number of carboxylic acids is 2. The fraction of sp³-hybridized carbons (Fsp3) is 0.571. The summed E-state index contributed by atoms with van der Waals surface area (Å²) < 4.78 is 0. The zero-order chi connectivity index (χ0) is 12.6. The highest BCUT2D eigenvalue weighted by Gasteiger charge is 2.34. The van der Waals surface area contributed by atoms with Gasteiger partial charge in [0.05, 0.1) is 11.9 Å². The monoisotopic (exact) mass is 239 g/mol. The molecule has 0 aliphatic carbocycles. The highest BCUT2D eigenvalue weighted by molar-refractivity contribution is 6.43. The van der Waals surface area contributed by atoms with Gasteiger partial charge in [0.2, 0.25) is 6.41 Å². The van der Waals surface area contributed by atoms with Crippen LogP contribution in [0.4, 0.5) is 0 Å². The molecule has 0 spiro atoms. The molecule has 8 heteroatoms. The Morgan fingerprint density at radius 1 is 1.40 bits per heavy atom. The maximum Gasteiger partial charge on any atom is 0.230 e. The summed E-state index contributed by atoms with van der Waals surface area (Å²) in [6.07, 6.45) is 0.181. The van der Waals surface area contributed by atoms with Crippen molar-refractivity contribution in [2.24, 2.45) is 5.92 Å². The Morgan fingerprint density at radius 3 is 1.67 bits per heavy atom. The molecular formula is C7H10ClNO6-2. The minimum absolute atomic E-state index is 0.181. The lowest BCUT2D eigenvalue weighted by Gasteiger charge is -2.32. The summed E-state index contributed by atoms with van der Waals surface area (Å²) in [7, 11) is 0. The van der Waals surface area contributed by atoms with Crippen LogP contribution in [0.1, 0.15) is 13.8 Å². The van der Waals surface area contributed by atoms with Gasteiger partial charge in [0.15, 0.2) is 0 Å². The summed E-state index contributed by atoms with van der Waals surface area (Å²) in [5.41, 5.74) is 1.25. The van der Waals surface area contributed by atoms with E-state index in [1.807, 2.05) is 0 Å². The largest absolute Gasteiger partial charge is 0.548 e. The molecule has 0 radical (unpaired) electrons. The molecule has 15 heavy (non-hydrogen) atoms. The van der Waals surface area contributed by atoms with Gasteiger partial charge in [-0.25, -0.2) is 5.48 Å². The van der Waals surface area contributed by atoms with Crippen LogP contribution >= 0.6 is 11.6 Å². The summed E-state index contributed by atoms with van der Waals surface area (Å²) >= 11 is 5.22. The molecule has 0 saturated carbocycles. The lowest BCUT2D eigenvalue weighted by atomic mass is 9.95. The van der Waals surface area contributed by atoms with Crippen molar-refractivity contribution in [3.05, 3.63) is 0 Å². The Hall–Kier alpha value is -1.34. The van der Waals surface area contributed by atoms with E-state index in [4.69, 9.17) is 21.6 Å². The smallest absolute Gasteiger partial charge is 0.230 e. The molecule has 0 aliphatic rings. The van der Waals surface area contributed by atoms with Gasteiger partial charge in [-0.1, -0.05) is 13.8 Å². The van der Waals surface area contributed by atoms with E-state index in [9.17, 15) is 19.8 Å². The lowest BCUT2D eigenvalue weighted by molar-refractivity contribution is -0.330. The molecule has 0 saturated heterocycles. The van der Waals surface area contributed by atoms with Crippen molar-refractivity contribution in [1.82, 2.24) is 5.48 Å². The zero-order valence-corrected chi connectivity index (χ0v) is 8.78. The second-order valence-corrected chi connectivity index (χ2v) is 3.28. The van der Waals surface area contributed by atoms with Crippen LogP contribution in [0, 0.1) is 5.92 Å². The number of hydrogen-bond donors (Lipinski definition) is 2. The number of hydroxylamine groups is 1. The van der Waals surface area contributed by atoms with E-state index >= 15 is 0 Å². The number of nitrogens with one attached hydrogen (secondary N) is 1. The Labute approximate surface area is 90.6 Å². The van der Waals surface area contributed by atoms with E-state index in [0.29, 0.717) is 0 Å². The fourth-order valence-electron chi connectivity index (χ4n) is 0.555. The minimum Gasteiger partial charge on any atom is -0.548 e. The number of aliphatic carboxylic acids is 2. The second kappa shape index (κ2) is 7.02. The molecule has 0 bridgehead atoms. The van der Waals surface area contributed by atoms with Gasteiger partial charge in [-0.15, -0.1) is 11.6 Å². The van der Waals surface area contributed by atoms with Crippen molar-refractivity contribution in [1.29, 1.82) is 0 Å². The van der Waals surface area contributed by atoms with Crippen LogP contribution in [-0.2, 0) is 14.4 Å². The maximum absolute atomic E-state index is 10.2. The molecule has 88 valence electrons. The number of hydrogen-bond acceptors (Lipinski definition) is 6. The van der Waals surface area contributed by atoms with Gasteiger partial charge in [-0.2, -0.15) is 0 Å². The van der Waals surface area contributed by atoms with Gasteiger partial charge >= 0.3 is 0 Å². The molecule has 0 fully saturated rings. The molecule has 0 unspecified atom stereocenters. The number of carbonyl (C=O) groups excluding carboxylic acids is 3. The maximum atomic E-state index is 10.2. The first-order chi connectivity index (χ1) is 6.74. The van der Waals surface area contributed by atoms with E-state index in [0.717, 1.165) is 0 Å². The van der Waals surface area contributed by atoms with Crippen LogP contribution in [0.2, 0.25) is 0 Å². The van der Waals surface area contributed by atoms with Gasteiger partial charge in [0.1, 0.15) is 4.87 Å². The average Bonchev–Trinajstić information content (AvgIpc) is 2.15. The van der Waals surface area contributed by atoms with Crippen molar-refractivity contribution in [2.45, 2.75) is 18.7 Å². The number of rotatable bonds is 4. The third-order valence-corrected chi connectivity index (χ3v) is 2.19. The first-order valence-corrected chi connectivity index (χ1v) is 4.07. The molecule has 1 amide bonds. The number of carboxylic acid groups (broad SMARTS) is 2. The number of carbonyl (C=O) groups is 3. The molecule has 2 N–H and O–H groups in total. The summed E-state index contributed by atoms with van der Waals surface area (Å²) in [4.78, 5) is 26.9. The number of halogens is 1. The topological polar surface area (TPSA) is 130 Å². The van der Waals surface area contributed by atoms with E-state index in [2.05, 4.69) is 0 Å². The Balaban J connectivity index is 0. The highest BCUT2D eigenvalue weighted by Crippen LogP contribution is 2.23. The molecule has 0 aliphatic heterocycles. The molecule has 0 heterocycles. The second-order valence-electron chi connectivity index (χ2n) is 2.69. The average molecular weight is 240 g/mol. The third-order valence-electron chi connectivity index (χ3n) is 1.44. The van der Waals surface area contributed by atoms with Gasteiger partial charge in [0.25, 0.3) is 0 Å². The van der Waals surface area contributed by atoms with Crippen LogP contribution in [0.5, 0.6) is 0 Å². The van der Waals surface area contributed by atoms with E-state index in [1.165, 1.54) is 19.3 Å². The van der Waals surface area contributed by atoms with E-state index < -0.39 is 22.7 Å². The van der Waals surface area contributed by atoms with Crippen molar-refractivity contribution in [3.8, 4) is 0 Å². The Kier molecular flexibility index (Phi) is 7.53. The Bertz CT molecular complexity index is 228. The third kappa shape index (κ3) is 4.61. The fourth-order valence-corrected chi connectivity index (χ4v) is 0.555. The lowest BCUT2D eigenvalue weighted by Crippen LogP contribution is -2.58. The van der Waals surface area contributed by atoms with Gasteiger partial charge in [-0.3, -0.25) is 10.0 Å². The minimum atomic E-state index is -2.42. The molecule has 0 aromatic heterocycles. The van der Waals surface area contributed by atoms with Crippen molar-refractivity contribution in [2.75, 3.05) is 0 Å². The normalized spacial score (nSPS) is 9.93. The molecule has 0 atom stereocenters. The van der Waals surface area contributed by atoms with Crippen LogP contribution in [-0.4, -0.2) is 28.4 Å². The van der Waals surface area contributed by atoms with Crippen molar-refractivity contribution in [3.63, 3.8) is 0 Å². The molecule has 0 rings (SSSR count). The molecule has 0 aromatic rings. The quantitative estimate of drug-likeness (QED) is 0.180. The highest BCUT2D eigenvalue weighted by atomic mass is 35.5. The first-order valence-electron chi connectivity index (χ1n) is 3.70. The molecule has 7 nitrogen and oxygen atoms in total. The van der Waals surface area contributed by atoms with Crippen LogP contribution in [0.25, 0.3) is 0 Å². The van der Waals surface area contributed by atoms with Gasteiger partial charge in [-0.05, 0) is 5.92 Å². The van der Waals surface area contributed by atoms with Crippen LogP contribution < -0.4 is 15.7 Å². The zero-order valence-electron chi connectivity index (χ0n) is 8.02. The number of amides is 1. The van der Waals surface area contributed by atoms with E-state index in [-0.39, 0.29) is 6.41 Å². The van der Waals surface area contributed by atoms with E-state index in [1.54, 1.807) is 0 Å². The molecular weight excluding hydrogens is 230 g/mol. The van der Waals surface area contributed by atoms with Crippen molar-refractivity contribution >= 4 is 29.9 Å². The van der Waals surface area contributed by atoms with Crippen LogP contribution in [0.3, 0.4) is 0 Å². The van der Waals surface area contributed by atoms with Gasteiger partial charge in [0, 0.05) is 0 Å². The standard InChI is InChI=1S/C6H9ClO4.CH3NO2/c1-3(2)6(7,4(8)9)5(10)11;3-1-2-4/h3H,1-2H3,(H,8,9)(H,10,11);1,4H,(H,2,3)/p-2. The van der Waals surface area contributed by atoms with Crippen LogP contribution in [0.15, 0.2) is 0 Å². The predicted octanol–water partition coefficient (Wildman–Crippen LogP) is -2.76. The summed E-state index contributed by atoms with van der Waals surface area (Å²) in [5, 5.41) is 27.7. The number of alkyl halides is 1. The molecule has 0 aromatic carbocycles. The summed E-state index contributed by atoms with van der Waals surface area (Å²) in [6.45, 7) is 2.72. The predicted molar refractivity (Wildman–Crippen MR) is 44.4 cm³/mol. The summed E-state index contributed by atoms with van der Waals surface area (Å²) in [6, 6.07) is 0. The Morgan fingerprint density at radius 2 is 1.67 bits per heavy atom.